The number of hydrogen-bond donors (Lipinski definition) is 2. The number of pyridine rings is 1. The van der Waals surface area contributed by atoms with Gasteiger partial charge in [-0.25, -0.2) is 9.97 Å². The SMILES string of the molecule is O=C(Nc1cccc(CSc2ncnc3[nH]ncc23)c1)c1cccnc1. The molecule has 0 saturated carbocycles. The predicted octanol–water partition coefficient (Wildman–Crippen LogP) is 3.29. The van der Waals surface area contributed by atoms with Crippen molar-refractivity contribution in [2.45, 2.75) is 10.8 Å². The molecule has 0 radical (unpaired) electrons. The molecule has 1 amide bonds. The summed E-state index contributed by atoms with van der Waals surface area (Å²) in [6.45, 7) is 0. The molecule has 1 aromatic carbocycles. The van der Waals surface area contributed by atoms with Gasteiger partial charge in [-0.15, -0.1) is 11.8 Å². The average molecular weight is 362 g/mol. The van der Waals surface area contributed by atoms with Gasteiger partial charge >= 0.3 is 0 Å². The number of benzene rings is 1. The minimum atomic E-state index is -0.182. The lowest BCUT2D eigenvalue weighted by molar-refractivity contribution is 0.102. The van der Waals surface area contributed by atoms with Crippen LogP contribution in [0.25, 0.3) is 11.0 Å². The summed E-state index contributed by atoms with van der Waals surface area (Å²) in [5, 5.41) is 11.5. The monoisotopic (exact) mass is 362 g/mol. The number of nitrogens with zero attached hydrogens (tertiary/aromatic N) is 4. The Kier molecular flexibility index (Phi) is 4.57. The number of anilines is 1. The van der Waals surface area contributed by atoms with Gasteiger partial charge in [0.2, 0.25) is 0 Å². The van der Waals surface area contributed by atoms with E-state index in [0.717, 1.165) is 27.3 Å². The Hall–Kier alpha value is -3.26. The Balaban J connectivity index is 1.46. The second-order valence-corrected chi connectivity index (χ2v) is 6.46. The van der Waals surface area contributed by atoms with Gasteiger partial charge in [-0.3, -0.25) is 14.9 Å². The Bertz CT molecular complexity index is 1050. The Labute approximate surface area is 153 Å². The van der Waals surface area contributed by atoms with E-state index in [1.807, 2.05) is 24.3 Å². The van der Waals surface area contributed by atoms with Crippen LogP contribution in [0.15, 0.2) is 66.3 Å². The van der Waals surface area contributed by atoms with Gasteiger partial charge in [-0.2, -0.15) is 5.10 Å². The molecule has 4 rings (SSSR count). The third-order valence-corrected chi connectivity index (χ3v) is 4.77. The van der Waals surface area contributed by atoms with Crippen molar-refractivity contribution in [2.75, 3.05) is 5.32 Å². The molecule has 3 aromatic heterocycles. The van der Waals surface area contributed by atoms with Crippen molar-refractivity contribution >= 4 is 34.4 Å². The summed E-state index contributed by atoms with van der Waals surface area (Å²) in [7, 11) is 0. The van der Waals surface area contributed by atoms with Crippen molar-refractivity contribution in [3.8, 4) is 0 Å². The van der Waals surface area contributed by atoms with Crippen LogP contribution in [0.4, 0.5) is 5.69 Å². The second-order valence-electron chi connectivity index (χ2n) is 5.50. The third kappa shape index (κ3) is 3.55. The van der Waals surface area contributed by atoms with Crippen LogP contribution in [0.1, 0.15) is 15.9 Å². The summed E-state index contributed by atoms with van der Waals surface area (Å²) in [5.41, 5.74) is 3.07. The third-order valence-electron chi connectivity index (χ3n) is 3.70. The molecule has 128 valence electrons. The molecule has 7 nitrogen and oxygen atoms in total. The molecule has 0 bridgehead atoms. The lowest BCUT2D eigenvalue weighted by atomic mass is 10.2. The lowest BCUT2D eigenvalue weighted by Gasteiger charge is -2.07. The molecule has 0 unspecified atom stereocenters. The first-order chi connectivity index (χ1) is 12.8. The molecular formula is C18H14N6OS. The van der Waals surface area contributed by atoms with Crippen molar-refractivity contribution in [3.63, 3.8) is 0 Å². The Morgan fingerprint density at radius 2 is 2.12 bits per heavy atom. The van der Waals surface area contributed by atoms with Gasteiger partial charge in [-0.1, -0.05) is 12.1 Å². The second kappa shape index (κ2) is 7.32. The maximum absolute atomic E-state index is 12.2. The Morgan fingerprint density at radius 3 is 3.00 bits per heavy atom. The summed E-state index contributed by atoms with van der Waals surface area (Å²) in [5.74, 6) is 0.535. The maximum atomic E-state index is 12.2. The summed E-state index contributed by atoms with van der Waals surface area (Å²) in [6, 6.07) is 11.2. The number of hydrogen-bond acceptors (Lipinski definition) is 6. The topological polar surface area (TPSA) is 96.5 Å². The highest BCUT2D eigenvalue weighted by Crippen LogP contribution is 2.27. The summed E-state index contributed by atoms with van der Waals surface area (Å²) < 4.78 is 0. The highest BCUT2D eigenvalue weighted by molar-refractivity contribution is 7.98. The number of aromatic nitrogens is 5. The van der Waals surface area contributed by atoms with Gasteiger partial charge in [0.1, 0.15) is 11.4 Å². The van der Waals surface area contributed by atoms with Gasteiger partial charge in [0, 0.05) is 23.8 Å². The zero-order valence-electron chi connectivity index (χ0n) is 13.6. The van der Waals surface area contributed by atoms with E-state index >= 15 is 0 Å². The van der Waals surface area contributed by atoms with Crippen molar-refractivity contribution in [1.82, 2.24) is 25.1 Å². The van der Waals surface area contributed by atoms with Crippen molar-refractivity contribution < 1.29 is 4.79 Å². The van der Waals surface area contributed by atoms with Crippen LogP contribution in [-0.2, 0) is 5.75 Å². The zero-order valence-corrected chi connectivity index (χ0v) is 14.4. The van der Waals surface area contributed by atoms with Crippen LogP contribution in [0.3, 0.4) is 0 Å². The number of thioether (sulfide) groups is 1. The molecule has 4 aromatic rings. The van der Waals surface area contributed by atoms with Gasteiger partial charge in [0.05, 0.1) is 17.1 Å². The first kappa shape index (κ1) is 16.2. The van der Waals surface area contributed by atoms with E-state index < -0.39 is 0 Å². The standard InChI is InChI=1S/C18H14N6OS/c25-17(13-4-2-6-19-8-13)23-14-5-1-3-12(7-14)10-26-18-15-9-22-24-16(15)20-11-21-18/h1-9,11H,10H2,(H,23,25)(H,20,21,22,24). The molecule has 26 heavy (non-hydrogen) atoms. The Morgan fingerprint density at radius 1 is 1.15 bits per heavy atom. The number of H-pyrrole nitrogens is 1. The van der Waals surface area contributed by atoms with E-state index in [1.165, 1.54) is 6.33 Å². The first-order valence-corrected chi connectivity index (χ1v) is 8.85. The van der Waals surface area contributed by atoms with Crippen molar-refractivity contribution in [1.29, 1.82) is 0 Å². The highest BCUT2D eigenvalue weighted by Gasteiger charge is 2.08. The zero-order chi connectivity index (χ0) is 17.8. The molecule has 0 atom stereocenters. The smallest absolute Gasteiger partial charge is 0.257 e. The fourth-order valence-corrected chi connectivity index (χ4v) is 3.36. The lowest BCUT2D eigenvalue weighted by Crippen LogP contribution is -2.12. The number of rotatable bonds is 5. The quantitative estimate of drug-likeness (QED) is 0.418. The highest BCUT2D eigenvalue weighted by atomic mass is 32.2. The van der Waals surface area contributed by atoms with Gasteiger partial charge < -0.3 is 5.32 Å². The molecule has 0 fully saturated rings. The fraction of sp³-hybridized carbons (Fsp3) is 0.0556. The van der Waals surface area contributed by atoms with Gasteiger partial charge in [0.25, 0.3) is 5.91 Å². The van der Waals surface area contributed by atoms with Crippen LogP contribution in [0, 0.1) is 0 Å². The summed E-state index contributed by atoms with van der Waals surface area (Å²) in [6.07, 6.45) is 6.43. The number of aromatic amines is 1. The molecule has 8 heteroatoms. The molecule has 0 aliphatic rings. The maximum Gasteiger partial charge on any atom is 0.257 e. The van der Waals surface area contributed by atoms with E-state index in [1.54, 1.807) is 42.5 Å². The van der Waals surface area contributed by atoms with E-state index in [2.05, 4.69) is 30.5 Å². The molecular weight excluding hydrogens is 348 g/mol. The summed E-state index contributed by atoms with van der Waals surface area (Å²) >= 11 is 1.60. The molecule has 0 aliphatic carbocycles. The molecule has 0 aliphatic heterocycles. The number of carbonyl (C=O) groups excluding carboxylic acids is 1. The van der Waals surface area contributed by atoms with Gasteiger partial charge in [-0.05, 0) is 29.8 Å². The van der Waals surface area contributed by atoms with Crippen LogP contribution < -0.4 is 5.32 Å². The van der Waals surface area contributed by atoms with Crippen LogP contribution in [-0.4, -0.2) is 31.1 Å². The number of nitrogens with one attached hydrogen (secondary N) is 2. The molecule has 2 N–H and O–H groups in total. The largest absolute Gasteiger partial charge is 0.322 e. The minimum Gasteiger partial charge on any atom is -0.322 e. The predicted molar refractivity (Wildman–Crippen MR) is 99.9 cm³/mol. The average Bonchev–Trinajstić information content (AvgIpc) is 3.17. The molecule has 0 spiro atoms. The minimum absolute atomic E-state index is 0.182. The first-order valence-electron chi connectivity index (χ1n) is 7.87. The van der Waals surface area contributed by atoms with E-state index in [4.69, 9.17) is 0 Å². The van der Waals surface area contributed by atoms with E-state index in [-0.39, 0.29) is 5.91 Å². The normalized spacial score (nSPS) is 10.8. The number of amides is 1. The van der Waals surface area contributed by atoms with Crippen molar-refractivity contribution in [2.24, 2.45) is 0 Å². The van der Waals surface area contributed by atoms with E-state index in [0.29, 0.717) is 11.3 Å². The molecule has 0 saturated heterocycles. The fourth-order valence-electron chi connectivity index (χ4n) is 2.45. The molecule has 3 heterocycles. The van der Waals surface area contributed by atoms with Crippen LogP contribution in [0.5, 0.6) is 0 Å². The van der Waals surface area contributed by atoms with E-state index in [9.17, 15) is 4.79 Å². The number of fused-ring (bicyclic) bond motifs is 1. The van der Waals surface area contributed by atoms with Gasteiger partial charge in [0.15, 0.2) is 5.65 Å². The van der Waals surface area contributed by atoms with Crippen LogP contribution >= 0.6 is 11.8 Å². The summed E-state index contributed by atoms with van der Waals surface area (Å²) in [4.78, 5) is 24.7. The number of carbonyl (C=O) groups is 1. The van der Waals surface area contributed by atoms with Crippen LogP contribution in [0.2, 0.25) is 0 Å². The van der Waals surface area contributed by atoms with Crippen molar-refractivity contribution in [3.05, 3.63) is 72.4 Å².